The largest absolute Gasteiger partial charge is 0.479 e. The third kappa shape index (κ3) is 3.86. The first-order valence-corrected chi connectivity index (χ1v) is 8.38. The van der Waals surface area contributed by atoms with Crippen LogP contribution in [0.2, 0.25) is 0 Å². The number of amides is 2. The van der Waals surface area contributed by atoms with Gasteiger partial charge in [-0.1, -0.05) is 11.3 Å². The molecule has 0 unspecified atom stereocenters. The van der Waals surface area contributed by atoms with E-state index in [1.54, 1.807) is 37.5 Å². The van der Waals surface area contributed by atoms with Crippen LogP contribution < -0.4 is 15.4 Å². The van der Waals surface area contributed by atoms with Crippen molar-refractivity contribution in [3.63, 3.8) is 0 Å². The molecule has 2 N–H and O–H groups in total. The van der Waals surface area contributed by atoms with E-state index in [4.69, 9.17) is 4.74 Å². The van der Waals surface area contributed by atoms with Gasteiger partial charge in [-0.15, -0.1) is 15.3 Å². The predicted octanol–water partition coefficient (Wildman–Crippen LogP) is 2.09. The maximum atomic E-state index is 12.3. The van der Waals surface area contributed by atoms with Crippen LogP contribution in [0, 0.1) is 6.92 Å². The summed E-state index contributed by atoms with van der Waals surface area (Å²) in [5.74, 6) is -0.405. The SMILES string of the molecule is COc1nn(C)cc1C(=O)Nc1ccc(C(=O)Nc2nnc(C)s2)cc1. The molecule has 0 radical (unpaired) electrons. The summed E-state index contributed by atoms with van der Waals surface area (Å²) < 4.78 is 6.57. The van der Waals surface area contributed by atoms with Crippen molar-refractivity contribution in [1.82, 2.24) is 20.0 Å². The third-order valence-corrected chi connectivity index (χ3v) is 4.14. The maximum Gasteiger partial charge on any atom is 0.262 e. The van der Waals surface area contributed by atoms with Gasteiger partial charge in [0.15, 0.2) is 0 Å². The molecule has 0 fully saturated rings. The Morgan fingerprint density at radius 3 is 2.46 bits per heavy atom. The van der Waals surface area contributed by atoms with Gasteiger partial charge < -0.3 is 10.1 Å². The fraction of sp³-hybridized carbons (Fsp3) is 0.188. The molecule has 0 spiro atoms. The average molecular weight is 372 g/mol. The summed E-state index contributed by atoms with van der Waals surface area (Å²) in [5.41, 5.74) is 1.31. The molecular weight excluding hydrogens is 356 g/mol. The summed E-state index contributed by atoms with van der Waals surface area (Å²) in [6.45, 7) is 1.81. The molecule has 2 heterocycles. The molecule has 134 valence electrons. The molecule has 0 aliphatic heterocycles. The van der Waals surface area contributed by atoms with Gasteiger partial charge in [0.05, 0.1) is 7.11 Å². The standard InChI is InChI=1S/C16H16N6O3S/c1-9-19-20-16(26-9)18-13(23)10-4-6-11(7-5-10)17-14(24)12-8-22(2)21-15(12)25-3/h4-8H,1-3H3,(H,17,24)(H,18,20,23). The van der Waals surface area contributed by atoms with E-state index in [1.165, 1.54) is 23.1 Å². The first-order chi connectivity index (χ1) is 12.5. The normalized spacial score (nSPS) is 10.4. The zero-order valence-electron chi connectivity index (χ0n) is 14.3. The van der Waals surface area contributed by atoms with Crippen molar-refractivity contribution in [2.45, 2.75) is 6.92 Å². The lowest BCUT2D eigenvalue weighted by Crippen LogP contribution is -2.14. The minimum Gasteiger partial charge on any atom is -0.479 e. The lowest BCUT2D eigenvalue weighted by Gasteiger charge is -2.06. The quantitative estimate of drug-likeness (QED) is 0.709. The fourth-order valence-electron chi connectivity index (χ4n) is 2.19. The topological polar surface area (TPSA) is 111 Å². The van der Waals surface area contributed by atoms with Gasteiger partial charge in [-0.3, -0.25) is 19.6 Å². The predicted molar refractivity (Wildman–Crippen MR) is 96.8 cm³/mol. The van der Waals surface area contributed by atoms with Gasteiger partial charge in [0, 0.05) is 24.5 Å². The van der Waals surface area contributed by atoms with Gasteiger partial charge >= 0.3 is 0 Å². The monoisotopic (exact) mass is 372 g/mol. The highest BCUT2D eigenvalue weighted by Gasteiger charge is 2.17. The second-order valence-corrected chi connectivity index (χ2v) is 6.52. The van der Waals surface area contributed by atoms with E-state index in [0.29, 0.717) is 21.9 Å². The van der Waals surface area contributed by atoms with E-state index in [1.807, 2.05) is 6.92 Å². The lowest BCUT2D eigenvalue weighted by molar-refractivity contribution is 0.101. The number of carbonyl (C=O) groups is 2. The van der Waals surface area contributed by atoms with Gasteiger partial charge in [0.25, 0.3) is 11.8 Å². The summed E-state index contributed by atoms with van der Waals surface area (Å²) in [6, 6.07) is 6.50. The molecule has 0 saturated heterocycles. The molecule has 2 amide bonds. The first kappa shape index (κ1) is 17.5. The van der Waals surface area contributed by atoms with Crippen LogP contribution in [-0.4, -0.2) is 38.9 Å². The molecular formula is C16H16N6O3S. The van der Waals surface area contributed by atoms with Crippen molar-refractivity contribution in [2.75, 3.05) is 17.7 Å². The second kappa shape index (κ2) is 7.31. The van der Waals surface area contributed by atoms with E-state index < -0.39 is 0 Å². The molecule has 0 aliphatic carbocycles. The Bertz CT molecular complexity index is 947. The Kier molecular flexibility index (Phi) is 4.94. The van der Waals surface area contributed by atoms with Crippen molar-refractivity contribution < 1.29 is 14.3 Å². The zero-order chi connectivity index (χ0) is 18.7. The number of benzene rings is 1. The average Bonchev–Trinajstić information content (AvgIpc) is 3.20. The fourth-order valence-corrected chi connectivity index (χ4v) is 2.78. The van der Waals surface area contributed by atoms with Crippen LogP contribution >= 0.6 is 11.3 Å². The Hall–Kier alpha value is -3.27. The van der Waals surface area contributed by atoms with Crippen molar-refractivity contribution >= 4 is 34.0 Å². The Morgan fingerprint density at radius 1 is 1.12 bits per heavy atom. The molecule has 0 saturated carbocycles. The van der Waals surface area contributed by atoms with E-state index in [9.17, 15) is 9.59 Å². The van der Waals surface area contributed by atoms with E-state index in [-0.39, 0.29) is 17.7 Å². The number of ether oxygens (including phenoxy) is 1. The van der Waals surface area contributed by atoms with Crippen LogP contribution in [0.3, 0.4) is 0 Å². The summed E-state index contributed by atoms with van der Waals surface area (Å²) in [5, 5.41) is 18.4. The van der Waals surface area contributed by atoms with Gasteiger partial charge in [0.2, 0.25) is 11.0 Å². The van der Waals surface area contributed by atoms with Gasteiger partial charge in [-0.05, 0) is 31.2 Å². The molecule has 0 bridgehead atoms. The molecule has 9 nitrogen and oxygen atoms in total. The number of aryl methyl sites for hydroxylation is 2. The summed E-state index contributed by atoms with van der Waals surface area (Å²) >= 11 is 1.29. The molecule has 10 heteroatoms. The smallest absolute Gasteiger partial charge is 0.262 e. The molecule has 3 rings (SSSR count). The highest BCUT2D eigenvalue weighted by Crippen LogP contribution is 2.19. The maximum absolute atomic E-state index is 12.3. The van der Waals surface area contributed by atoms with Gasteiger partial charge in [0.1, 0.15) is 10.6 Å². The van der Waals surface area contributed by atoms with Crippen molar-refractivity contribution in [3.05, 3.63) is 46.6 Å². The molecule has 2 aromatic heterocycles. The number of methoxy groups -OCH3 is 1. The Morgan fingerprint density at radius 2 is 1.85 bits per heavy atom. The Labute approximate surface area is 153 Å². The molecule has 1 aromatic carbocycles. The number of hydrogen-bond donors (Lipinski definition) is 2. The lowest BCUT2D eigenvalue weighted by atomic mass is 10.2. The van der Waals surface area contributed by atoms with Gasteiger partial charge in [-0.2, -0.15) is 0 Å². The van der Waals surface area contributed by atoms with Crippen LogP contribution in [0.4, 0.5) is 10.8 Å². The number of nitrogens with one attached hydrogen (secondary N) is 2. The molecule has 0 atom stereocenters. The number of carbonyl (C=O) groups excluding carboxylic acids is 2. The third-order valence-electron chi connectivity index (χ3n) is 3.38. The number of aromatic nitrogens is 4. The number of anilines is 2. The minimum absolute atomic E-state index is 0.244. The van der Waals surface area contributed by atoms with Crippen LogP contribution in [0.5, 0.6) is 5.88 Å². The highest BCUT2D eigenvalue weighted by atomic mass is 32.1. The van der Waals surface area contributed by atoms with Crippen LogP contribution in [-0.2, 0) is 7.05 Å². The molecule has 26 heavy (non-hydrogen) atoms. The second-order valence-electron chi connectivity index (χ2n) is 5.34. The van der Waals surface area contributed by atoms with Crippen LogP contribution in [0.15, 0.2) is 30.5 Å². The number of nitrogens with zero attached hydrogens (tertiary/aromatic N) is 4. The van der Waals surface area contributed by atoms with E-state index in [0.717, 1.165) is 5.01 Å². The van der Waals surface area contributed by atoms with Crippen molar-refractivity contribution in [3.8, 4) is 5.88 Å². The molecule has 0 aliphatic rings. The first-order valence-electron chi connectivity index (χ1n) is 7.57. The Balaban J connectivity index is 1.67. The highest BCUT2D eigenvalue weighted by molar-refractivity contribution is 7.15. The summed E-state index contributed by atoms with van der Waals surface area (Å²) in [6.07, 6.45) is 1.57. The van der Waals surface area contributed by atoms with Crippen molar-refractivity contribution in [2.24, 2.45) is 7.05 Å². The number of rotatable bonds is 5. The van der Waals surface area contributed by atoms with Crippen LogP contribution in [0.1, 0.15) is 25.7 Å². The minimum atomic E-state index is -0.350. The number of hydrogen-bond acceptors (Lipinski definition) is 7. The van der Waals surface area contributed by atoms with Gasteiger partial charge in [-0.25, -0.2) is 0 Å². The summed E-state index contributed by atoms with van der Waals surface area (Å²) in [4.78, 5) is 24.5. The van der Waals surface area contributed by atoms with E-state index in [2.05, 4.69) is 25.9 Å². The van der Waals surface area contributed by atoms with Crippen LogP contribution in [0.25, 0.3) is 0 Å². The summed E-state index contributed by atoms with van der Waals surface area (Å²) in [7, 11) is 3.15. The molecule has 3 aromatic rings. The zero-order valence-corrected chi connectivity index (χ0v) is 15.1. The van der Waals surface area contributed by atoms with Crippen molar-refractivity contribution in [1.29, 1.82) is 0 Å². The van der Waals surface area contributed by atoms with E-state index >= 15 is 0 Å².